The summed E-state index contributed by atoms with van der Waals surface area (Å²) in [5.74, 6) is 0.366. The minimum atomic E-state index is -2.88. The molecule has 0 spiro atoms. The molecule has 0 aliphatic heterocycles. The molecule has 92 valence electrons. The summed E-state index contributed by atoms with van der Waals surface area (Å²) in [6.45, 7) is 5.24. The van der Waals surface area contributed by atoms with Gasteiger partial charge < -0.3 is 10.0 Å². The molecule has 0 saturated heterocycles. The van der Waals surface area contributed by atoms with Crippen LogP contribution in [0.3, 0.4) is 0 Å². The molecule has 0 bridgehead atoms. The van der Waals surface area contributed by atoms with Crippen LogP contribution in [0.4, 0.5) is 0 Å². The maximum absolute atomic E-state index is 11.0. The van der Waals surface area contributed by atoms with Gasteiger partial charge in [-0.25, -0.2) is 8.42 Å². The summed E-state index contributed by atoms with van der Waals surface area (Å²) in [6.07, 6.45) is 1.69. The fourth-order valence-electron chi connectivity index (χ4n) is 1.60. The van der Waals surface area contributed by atoms with Gasteiger partial charge in [0, 0.05) is 19.3 Å². The van der Waals surface area contributed by atoms with Gasteiger partial charge in [-0.05, 0) is 26.3 Å². The highest BCUT2D eigenvalue weighted by Crippen LogP contribution is 2.03. The van der Waals surface area contributed by atoms with Gasteiger partial charge >= 0.3 is 0 Å². The van der Waals surface area contributed by atoms with E-state index in [-0.39, 0.29) is 17.8 Å². The molecule has 0 saturated carbocycles. The maximum Gasteiger partial charge on any atom is 0.147 e. The predicted octanol–water partition coefficient (Wildman–Crippen LogP) is 0.370. The van der Waals surface area contributed by atoms with Crippen LogP contribution in [0.1, 0.15) is 20.3 Å². The molecule has 2 unspecified atom stereocenters. The van der Waals surface area contributed by atoms with Crippen molar-refractivity contribution in [2.24, 2.45) is 5.92 Å². The summed E-state index contributed by atoms with van der Waals surface area (Å²) in [5, 5.41) is 9.10. The largest absolute Gasteiger partial charge is 0.393 e. The van der Waals surface area contributed by atoms with Gasteiger partial charge in [0.15, 0.2) is 0 Å². The lowest BCUT2D eigenvalue weighted by Gasteiger charge is -2.21. The third-order valence-corrected chi connectivity index (χ3v) is 3.31. The lowest BCUT2D eigenvalue weighted by Crippen LogP contribution is -2.30. The highest BCUT2D eigenvalue weighted by molar-refractivity contribution is 7.90. The van der Waals surface area contributed by atoms with Crippen LogP contribution in [0.15, 0.2) is 0 Å². The van der Waals surface area contributed by atoms with Crippen molar-refractivity contribution in [3.05, 3.63) is 0 Å². The van der Waals surface area contributed by atoms with Crippen LogP contribution >= 0.6 is 0 Å². The Bertz CT molecular complexity index is 262. The lowest BCUT2D eigenvalue weighted by molar-refractivity contribution is 0.161. The summed E-state index contributed by atoms with van der Waals surface area (Å²) in [7, 11) is -0.931. The minimum absolute atomic E-state index is 0.138. The predicted molar refractivity (Wildman–Crippen MR) is 62.7 cm³/mol. The molecule has 0 aromatic carbocycles. The van der Waals surface area contributed by atoms with E-state index in [1.54, 1.807) is 6.92 Å². The molecule has 0 heterocycles. The molecule has 4 nitrogen and oxygen atoms in total. The van der Waals surface area contributed by atoms with E-state index in [9.17, 15) is 8.42 Å². The van der Waals surface area contributed by atoms with Crippen molar-refractivity contribution >= 4 is 9.84 Å². The smallest absolute Gasteiger partial charge is 0.147 e. The van der Waals surface area contributed by atoms with Crippen molar-refractivity contribution in [2.45, 2.75) is 26.4 Å². The zero-order valence-corrected chi connectivity index (χ0v) is 10.9. The first kappa shape index (κ1) is 14.9. The van der Waals surface area contributed by atoms with E-state index in [0.717, 1.165) is 19.5 Å². The Balaban J connectivity index is 3.81. The molecule has 5 heteroatoms. The Labute approximate surface area is 93.2 Å². The van der Waals surface area contributed by atoms with Crippen LogP contribution in [-0.2, 0) is 9.84 Å². The molecule has 0 aliphatic carbocycles. The molecule has 0 amide bonds. The number of hydrogen-bond donors (Lipinski definition) is 1. The second-order valence-corrected chi connectivity index (χ2v) is 6.78. The standard InChI is InChI=1S/C10H23NO3S/c1-9(8-15(4,13)14)7-11(3)6-5-10(2)12/h9-10,12H,5-8H2,1-4H3. The van der Waals surface area contributed by atoms with Crippen LogP contribution in [0.2, 0.25) is 0 Å². The van der Waals surface area contributed by atoms with Crippen molar-refractivity contribution in [3.63, 3.8) is 0 Å². The quantitative estimate of drug-likeness (QED) is 0.695. The Morgan fingerprint density at radius 2 is 1.87 bits per heavy atom. The number of hydrogen-bond acceptors (Lipinski definition) is 4. The average molecular weight is 237 g/mol. The van der Waals surface area contributed by atoms with Crippen LogP contribution in [0.5, 0.6) is 0 Å². The lowest BCUT2D eigenvalue weighted by atomic mass is 10.2. The molecule has 2 atom stereocenters. The molecule has 0 fully saturated rings. The average Bonchev–Trinajstić information content (AvgIpc) is 1.96. The molecule has 0 aromatic heterocycles. The summed E-state index contributed by atoms with van der Waals surface area (Å²) >= 11 is 0. The van der Waals surface area contributed by atoms with Gasteiger partial charge in [-0.1, -0.05) is 6.92 Å². The monoisotopic (exact) mass is 237 g/mol. The first-order chi connectivity index (χ1) is 6.70. The van der Waals surface area contributed by atoms with Crippen LogP contribution in [-0.4, -0.2) is 56.7 Å². The van der Waals surface area contributed by atoms with Crippen molar-refractivity contribution in [2.75, 3.05) is 32.1 Å². The van der Waals surface area contributed by atoms with Gasteiger partial charge in [0.05, 0.1) is 11.9 Å². The maximum atomic E-state index is 11.0. The molecular formula is C10H23NO3S. The second-order valence-electron chi connectivity index (χ2n) is 4.60. The summed E-state index contributed by atoms with van der Waals surface area (Å²) in [5.41, 5.74) is 0. The van der Waals surface area contributed by atoms with Gasteiger partial charge in [-0.15, -0.1) is 0 Å². The summed E-state index contributed by atoms with van der Waals surface area (Å²) in [6, 6.07) is 0. The van der Waals surface area contributed by atoms with Gasteiger partial charge in [0.2, 0.25) is 0 Å². The highest BCUT2D eigenvalue weighted by atomic mass is 32.2. The van der Waals surface area contributed by atoms with Gasteiger partial charge in [0.25, 0.3) is 0 Å². The first-order valence-corrected chi connectivity index (χ1v) is 7.31. The van der Waals surface area contributed by atoms with E-state index in [2.05, 4.69) is 4.90 Å². The molecule has 0 aliphatic rings. The number of rotatable bonds is 7. The van der Waals surface area contributed by atoms with Crippen molar-refractivity contribution in [1.29, 1.82) is 0 Å². The van der Waals surface area contributed by atoms with Gasteiger partial charge in [0.1, 0.15) is 9.84 Å². The number of sulfone groups is 1. The molecule has 0 rings (SSSR count). The fraction of sp³-hybridized carbons (Fsp3) is 1.00. The fourth-order valence-corrected chi connectivity index (χ4v) is 2.74. The van der Waals surface area contributed by atoms with Crippen LogP contribution < -0.4 is 0 Å². The summed E-state index contributed by atoms with van der Waals surface area (Å²) < 4.78 is 22.1. The second kappa shape index (κ2) is 6.45. The molecule has 0 radical (unpaired) electrons. The molecule has 1 N–H and O–H groups in total. The van der Waals surface area contributed by atoms with Gasteiger partial charge in [-0.3, -0.25) is 0 Å². The number of aliphatic hydroxyl groups excluding tert-OH is 1. The zero-order valence-electron chi connectivity index (χ0n) is 10.1. The number of aliphatic hydroxyl groups is 1. The van der Waals surface area contributed by atoms with E-state index >= 15 is 0 Å². The van der Waals surface area contributed by atoms with E-state index in [4.69, 9.17) is 5.11 Å². The minimum Gasteiger partial charge on any atom is -0.393 e. The van der Waals surface area contributed by atoms with Gasteiger partial charge in [-0.2, -0.15) is 0 Å². The van der Waals surface area contributed by atoms with Crippen molar-refractivity contribution in [3.8, 4) is 0 Å². The summed E-state index contributed by atoms with van der Waals surface area (Å²) in [4.78, 5) is 2.06. The third kappa shape index (κ3) is 10.2. The molecule has 15 heavy (non-hydrogen) atoms. The Morgan fingerprint density at radius 3 is 2.27 bits per heavy atom. The van der Waals surface area contributed by atoms with E-state index < -0.39 is 9.84 Å². The Hall–Kier alpha value is -0.130. The normalized spacial score (nSPS) is 16.7. The zero-order chi connectivity index (χ0) is 12.1. The highest BCUT2D eigenvalue weighted by Gasteiger charge is 2.12. The van der Waals surface area contributed by atoms with Crippen LogP contribution in [0, 0.1) is 5.92 Å². The molecular weight excluding hydrogens is 214 g/mol. The third-order valence-electron chi connectivity index (χ3n) is 2.14. The Kier molecular flexibility index (Phi) is 6.40. The van der Waals surface area contributed by atoms with Crippen molar-refractivity contribution < 1.29 is 13.5 Å². The van der Waals surface area contributed by atoms with Crippen LogP contribution in [0.25, 0.3) is 0 Å². The SMILES string of the molecule is CC(O)CCN(C)CC(C)CS(C)(=O)=O. The molecule has 0 aromatic rings. The topological polar surface area (TPSA) is 57.6 Å². The first-order valence-electron chi connectivity index (χ1n) is 5.25. The number of nitrogens with zero attached hydrogens (tertiary/aromatic N) is 1. The van der Waals surface area contributed by atoms with Crippen molar-refractivity contribution in [1.82, 2.24) is 4.90 Å². The van der Waals surface area contributed by atoms with E-state index in [1.807, 2.05) is 14.0 Å². The van der Waals surface area contributed by atoms with E-state index in [0.29, 0.717) is 0 Å². The van der Waals surface area contributed by atoms with E-state index in [1.165, 1.54) is 6.26 Å². The Morgan fingerprint density at radius 1 is 1.33 bits per heavy atom.